The molecule has 0 bridgehead atoms. The van der Waals surface area contributed by atoms with Crippen molar-refractivity contribution >= 4 is 34.1 Å². The summed E-state index contributed by atoms with van der Waals surface area (Å²) in [5, 5.41) is 10.4. The number of hydrogen-bond acceptors (Lipinski definition) is 4. The smallest absolute Gasteiger partial charge is 0.267 e. The van der Waals surface area contributed by atoms with Gasteiger partial charge < -0.3 is 0 Å². The fourth-order valence-electron chi connectivity index (χ4n) is 2.78. The van der Waals surface area contributed by atoms with Gasteiger partial charge in [-0.2, -0.15) is 18.4 Å². The average molecular weight is 419 g/mol. The lowest BCUT2D eigenvalue weighted by atomic mass is 10.0. The predicted octanol–water partition coefficient (Wildman–Crippen LogP) is 6.44. The molecule has 28 heavy (non-hydrogen) atoms. The van der Waals surface area contributed by atoms with E-state index in [1.165, 1.54) is 29.6 Å². The Hall–Kier alpha value is -2.17. The Balaban J connectivity index is 1.59. The van der Waals surface area contributed by atoms with Crippen LogP contribution in [0.2, 0.25) is 0 Å². The van der Waals surface area contributed by atoms with Gasteiger partial charge in [0.1, 0.15) is 6.07 Å². The highest BCUT2D eigenvalue weighted by molar-refractivity contribution is 8.18. The van der Waals surface area contributed by atoms with Crippen LogP contribution in [-0.4, -0.2) is 22.3 Å². The lowest BCUT2D eigenvalue weighted by Crippen LogP contribution is -2.14. The highest BCUT2D eigenvalue weighted by Gasteiger charge is 2.32. The molecule has 0 saturated carbocycles. The van der Waals surface area contributed by atoms with E-state index in [2.05, 4.69) is 11.1 Å². The summed E-state index contributed by atoms with van der Waals surface area (Å²) in [6.07, 6.45) is 3.78. The molecule has 1 heterocycles. The first-order valence-corrected chi connectivity index (χ1v) is 10.4. The van der Waals surface area contributed by atoms with Crippen molar-refractivity contribution in [1.82, 2.24) is 0 Å². The molecule has 0 N–H and O–H groups in total. The first-order valence-electron chi connectivity index (χ1n) is 8.56. The van der Waals surface area contributed by atoms with Gasteiger partial charge in [0, 0.05) is 10.2 Å². The third-order valence-corrected chi connectivity index (χ3v) is 6.35. The van der Waals surface area contributed by atoms with Crippen LogP contribution in [-0.2, 0) is 0 Å². The summed E-state index contributed by atoms with van der Waals surface area (Å²) in [6, 6.07) is 10.0. The molecule has 1 atom stereocenters. The number of nitrogens with zero attached hydrogens (tertiary/aromatic N) is 2. The van der Waals surface area contributed by atoms with Gasteiger partial charge in [0.25, 0.3) is 0 Å². The molecule has 1 aromatic carbocycles. The summed E-state index contributed by atoms with van der Waals surface area (Å²) < 4.78 is 37.9. The van der Waals surface area contributed by atoms with Gasteiger partial charge in [-0.15, -0.1) is 11.8 Å². The van der Waals surface area contributed by atoms with Crippen LogP contribution in [0.15, 0.2) is 70.1 Å². The van der Waals surface area contributed by atoms with Gasteiger partial charge in [0.2, 0.25) is 0 Å². The molecule has 0 amide bonds. The molecule has 0 radical (unpaired) electrons. The minimum atomic E-state index is -4.28. The van der Waals surface area contributed by atoms with E-state index in [0.717, 1.165) is 27.2 Å². The van der Waals surface area contributed by atoms with Crippen molar-refractivity contribution in [2.45, 2.75) is 24.8 Å². The Labute approximate surface area is 170 Å². The number of aryl methyl sites for hydroxylation is 1. The number of nitriles is 1. The van der Waals surface area contributed by atoms with Crippen LogP contribution >= 0.6 is 23.5 Å². The molecule has 144 valence electrons. The lowest BCUT2D eigenvalue weighted by Gasteiger charge is -2.16. The van der Waals surface area contributed by atoms with E-state index in [9.17, 15) is 18.4 Å². The van der Waals surface area contributed by atoms with Gasteiger partial charge in [-0.1, -0.05) is 54.3 Å². The van der Waals surface area contributed by atoms with Gasteiger partial charge in [0.15, 0.2) is 0 Å². The van der Waals surface area contributed by atoms with Crippen LogP contribution in [0.25, 0.3) is 5.57 Å². The molecule has 1 aliphatic carbocycles. The third kappa shape index (κ3) is 5.00. The van der Waals surface area contributed by atoms with Crippen LogP contribution in [0, 0.1) is 18.3 Å². The van der Waals surface area contributed by atoms with Crippen LogP contribution in [0.1, 0.15) is 17.5 Å². The topological polar surface area (TPSA) is 36.1 Å². The third-order valence-electron chi connectivity index (χ3n) is 4.26. The summed E-state index contributed by atoms with van der Waals surface area (Å²) in [6.45, 7) is 1.97. The molecular weight excluding hydrogens is 401 g/mol. The Morgan fingerprint density at radius 2 is 2.07 bits per heavy atom. The molecule has 3 rings (SSSR count). The van der Waals surface area contributed by atoms with Crippen molar-refractivity contribution in [2.24, 2.45) is 4.99 Å². The number of aliphatic imine (C=N–C) groups is 1. The Morgan fingerprint density at radius 3 is 2.71 bits per heavy atom. The fraction of sp³-hybridized carbons (Fsp3) is 0.238. The highest BCUT2D eigenvalue weighted by Crippen LogP contribution is 2.36. The van der Waals surface area contributed by atoms with Gasteiger partial charge in [-0.25, -0.2) is 0 Å². The maximum absolute atomic E-state index is 12.6. The minimum Gasteiger partial charge on any atom is -0.267 e. The highest BCUT2D eigenvalue weighted by atomic mass is 32.2. The second kappa shape index (κ2) is 8.89. The SMILES string of the molecule is Cc1ccccc1/C(C#N)=C1\C=CC(=NCSC2C=CC(C(F)(F)F)=CC2)S1. The van der Waals surface area contributed by atoms with E-state index < -0.39 is 11.7 Å². The normalized spacial score (nSPS) is 22.3. The lowest BCUT2D eigenvalue weighted by molar-refractivity contribution is -0.0885. The molecule has 0 saturated heterocycles. The molecule has 0 fully saturated rings. The van der Waals surface area contributed by atoms with E-state index in [1.54, 1.807) is 6.08 Å². The van der Waals surface area contributed by atoms with Crippen LogP contribution in [0.4, 0.5) is 13.2 Å². The van der Waals surface area contributed by atoms with Crippen molar-refractivity contribution in [1.29, 1.82) is 5.26 Å². The minimum absolute atomic E-state index is 0.0116. The number of thioether (sulfide) groups is 2. The van der Waals surface area contributed by atoms with Crippen LogP contribution < -0.4 is 0 Å². The number of allylic oxidation sites excluding steroid dienone is 5. The second-order valence-corrected chi connectivity index (χ2v) is 8.44. The largest absolute Gasteiger partial charge is 0.416 e. The summed E-state index contributed by atoms with van der Waals surface area (Å²) in [7, 11) is 0. The Bertz CT molecular complexity index is 947. The van der Waals surface area contributed by atoms with Crippen molar-refractivity contribution in [3.8, 4) is 6.07 Å². The maximum atomic E-state index is 12.6. The molecule has 1 unspecified atom stereocenters. The molecule has 2 aliphatic rings. The zero-order chi connectivity index (χ0) is 20.1. The zero-order valence-corrected chi connectivity index (χ0v) is 16.7. The standard InChI is InChI=1S/C21H17F3N2S2/c1-14-4-2-3-5-17(14)18(12-25)19-10-11-20(28-19)26-13-27-16-8-6-15(7-9-16)21(22,23)24/h2-8,10-11,16H,9,13H2,1H3/b19-18+,26-20?. The van der Waals surface area contributed by atoms with Gasteiger partial charge >= 0.3 is 6.18 Å². The fourth-order valence-corrected chi connectivity index (χ4v) is 4.57. The molecule has 1 aliphatic heterocycles. The Morgan fingerprint density at radius 1 is 1.29 bits per heavy atom. The first-order chi connectivity index (χ1) is 13.4. The number of hydrogen-bond donors (Lipinski definition) is 0. The van der Waals surface area contributed by atoms with Crippen LogP contribution in [0.5, 0.6) is 0 Å². The molecule has 1 aromatic rings. The van der Waals surface area contributed by atoms with Crippen molar-refractivity contribution < 1.29 is 13.2 Å². The number of halogens is 3. The number of benzene rings is 1. The summed E-state index contributed by atoms with van der Waals surface area (Å²) in [4.78, 5) is 5.36. The Kier molecular flexibility index (Phi) is 6.53. The number of rotatable bonds is 4. The van der Waals surface area contributed by atoms with Crippen LogP contribution in [0.3, 0.4) is 0 Å². The molecule has 2 nitrogen and oxygen atoms in total. The van der Waals surface area contributed by atoms with E-state index in [1.807, 2.05) is 43.3 Å². The van der Waals surface area contributed by atoms with Gasteiger partial charge in [-0.05, 0) is 36.6 Å². The number of alkyl halides is 3. The zero-order valence-electron chi connectivity index (χ0n) is 15.0. The van der Waals surface area contributed by atoms with Crippen molar-refractivity contribution in [3.63, 3.8) is 0 Å². The van der Waals surface area contributed by atoms with Crippen molar-refractivity contribution in [2.75, 3.05) is 5.88 Å². The summed E-state index contributed by atoms with van der Waals surface area (Å²) >= 11 is 2.94. The predicted molar refractivity (Wildman–Crippen MR) is 112 cm³/mol. The first kappa shape index (κ1) is 20.6. The maximum Gasteiger partial charge on any atom is 0.416 e. The van der Waals surface area contributed by atoms with Gasteiger partial charge in [-0.3, -0.25) is 4.99 Å². The van der Waals surface area contributed by atoms with E-state index in [4.69, 9.17) is 0 Å². The summed E-state index contributed by atoms with van der Waals surface area (Å²) in [5.74, 6) is 0.455. The molecule has 0 spiro atoms. The second-order valence-electron chi connectivity index (χ2n) is 6.18. The van der Waals surface area contributed by atoms with E-state index >= 15 is 0 Å². The quantitative estimate of drug-likeness (QED) is 0.528. The van der Waals surface area contributed by atoms with E-state index in [0.29, 0.717) is 17.9 Å². The molecule has 7 heteroatoms. The molecular formula is C21H17F3N2S2. The van der Waals surface area contributed by atoms with Crippen molar-refractivity contribution in [3.05, 3.63) is 76.3 Å². The average Bonchev–Trinajstić information content (AvgIpc) is 3.12. The van der Waals surface area contributed by atoms with E-state index in [-0.39, 0.29) is 5.25 Å². The summed E-state index contributed by atoms with van der Waals surface area (Å²) in [5.41, 5.74) is 1.99. The molecule has 0 aromatic heterocycles. The van der Waals surface area contributed by atoms with Gasteiger partial charge in [0.05, 0.1) is 22.1 Å². The monoisotopic (exact) mass is 418 g/mol.